The standard InChI is InChI=1S/C24H20O2P.ClH/c25-18-20-16-17-21(26-20)19-27(22-10-4-1-5-11-22,23-12-6-2-7-13-23)24-14-8-3-9-15-24;/h1-18H,19H2;1H/q+1;/p-1. The van der Waals surface area contributed by atoms with Gasteiger partial charge in [0, 0.05) is 0 Å². The second kappa shape index (κ2) is 9.01. The fourth-order valence-electron chi connectivity index (χ4n) is 3.55. The van der Waals surface area contributed by atoms with Gasteiger partial charge in [0.05, 0.1) is 0 Å². The number of hydrogen-bond donors (Lipinski definition) is 0. The van der Waals surface area contributed by atoms with Crippen molar-refractivity contribution in [1.82, 2.24) is 0 Å². The first kappa shape index (κ1) is 20.1. The highest BCUT2D eigenvalue weighted by molar-refractivity contribution is 7.95. The Labute approximate surface area is 172 Å². The monoisotopic (exact) mass is 406 g/mol. The molecule has 1 aromatic heterocycles. The van der Waals surface area contributed by atoms with Crippen molar-refractivity contribution in [1.29, 1.82) is 0 Å². The van der Waals surface area contributed by atoms with Crippen LogP contribution >= 0.6 is 7.26 Å². The lowest BCUT2D eigenvalue weighted by Gasteiger charge is -2.26. The van der Waals surface area contributed by atoms with E-state index >= 15 is 0 Å². The van der Waals surface area contributed by atoms with E-state index < -0.39 is 7.26 Å². The molecule has 0 aliphatic carbocycles. The van der Waals surface area contributed by atoms with Crippen molar-refractivity contribution in [2.24, 2.45) is 0 Å². The molecular formula is C24H20ClO2P. The smallest absolute Gasteiger partial charge is 0.185 e. The van der Waals surface area contributed by atoms with Crippen LogP contribution in [-0.4, -0.2) is 6.29 Å². The summed E-state index contributed by atoms with van der Waals surface area (Å²) in [4.78, 5) is 11.1. The maximum atomic E-state index is 11.1. The van der Waals surface area contributed by atoms with Crippen molar-refractivity contribution in [3.05, 3.63) is 115 Å². The second-order valence-corrected chi connectivity index (χ2v) is 9.88. The molecule has 3 aromatic carbocycles. The molecule has 140 valence electrons. The van der Waals surface area contributed by atoms with Gasteiger partial charge in [0.25, 0.3) is 0 Å². The molecule has 0 saturated carbocycles. The summed E-state index contributed by atoms with van der Waals surface area (Å²) in [5, 5.41) is 3.89. The van der Waals surface area contributed by atoms with Crippen molar-refractivity contribution in [3.8, 4) is 0 Å². The summed E-state index contributed by atoms with van der Waals surface area (Å²) in [7, 11) is -1.98. The number of halogens is 1. The highest BCUT2D eigenvalue weighted by Crippen LogP contribution is 2.58. The molecular weight excluding hydrogens is 387 g/mol. The maximum absolute atomic E-state index is 11.1. The van der Waals surface area contributed by atoms with Crippen LogP contribution in [0.2, 0.25) is 0 Å². The molecule has 0 radical (unpaired) electrons. The van der Waals surface area contributed by atoms with Crippen molar-refractivity contribution >= 4 is 29.5 Å². The van der Waals surface area contributed by atoms with Crippen LogP contribution in [0.1, 0.15) is 16.3 Å². The van der Waals surface area contributed by atoms with Crippen molar-refractivity contribution < 1.29 is 21.6 Å². The summed E-state index contributed by atoms with van der Waals surface area (Å²) in [5.74, 6) is 1.21. The Morgan fingerprint density at radius 3 is 1.43 bits per heavy atom. The van der Waals surface area contributed by atoms with Gasteiger partial charge in [-0.25, -0.2) is 0 Å². The van der Waals surface area contributed by atoms with Crippen LogP contribution in [0.3, 0.4) is 0 Å². The Kier molecular flexibility index (Phi) is 6.46. The lowest BCUT2D eigenvalue weighted by atomic mass is 10.4. The normalized spacial score (nSPS) is 10.9. The third-order valence-electron chi connectivity index (χ3n) is 4.78. The van der Waals surface area contributed by atoms with Gasteiger partial charge in [0.15, 0.2) is 12.0 Å². The molecule has 0 saturated heterocycles. The number of carbonyl (C=O) groups excluding carboxylic acids is 1. The summed E-state index contributed by atoms with van der Waals surface area (Å²) in [6.07, 6.45) is 1.50. The molecule has 1 heterocycles. The molecule has 0 bridgehead atoms. The Morgan fingerprint density at radius 1 is 0.643 bits per heavy atom. The minimum atomic E-state index is -1.98. The molecule has 0 aliphatic rings. The second-order valence-electron chi connectivity index (χ2n) is 6.40. The zero-order valence-corrected chi connectivity index (χ0v) is 16.9. The van der Waals surface area contributed by atoms with Crippen LogP contribution in [-0.2, 0) is 6.16 Å². The molecule has 4 aromatic rings. The minimum absolute atomic E-state index is 0. The van der Waals surface area contributed by atoms with Crippen LogP contribution in [0.25, 0.3) is 0 Å². The fourth-order valence-corrected chi connectivity index (χ4v) is 7.67. The number of carbonyl (C=O) groups is 1. The van der Waals surface area contributed by atoms with Gasteiger partial charge in [0.2, 0.25) is 0 Å². The van der Waals surface area contributed by atoms with Gasteiger partial charge in [-0.1, -0.05) is 54.6 Å². The van der Waals surface area contributed by atoms with Gasteiger partial charge < -0.3 is 16.8 Å². The van der Waals surface area contributed by atoms with E-state index in [1.165, 1.54) is 15.9 Å². The molecule has 0 amide bonds. The molecule has 2 nitrogen and oxygen atoms in total. The summed E-state index contributed by atoms with van der Waals surface area (Å²) in [5.41, 5.74) is 0. The van der Waals surface area contributed by atoms with Gasteiger partial charge in [-0.3, -0.25) is 4.79 Å². The zero-order chi connectivity index (χ0) is 18.5. The highest BCUT2D eigenvalue weighted by atomic mass is 35.5. The van der Waals surface area contributed by atoms with E-state index in [1.54, 1.807) is 6.07 Å². The molecule has 0 N–H and O–H groups in total. The Balaban J connectivity index is 0.00000225. The lowest BCUT2D eigenvalue weighted by molar-refractivity contribution is -0.0000118. The molecule has 4 heteroatoms. The van der Waals surface area contributed by atoms with Gasteiger partial charge in [-0.2, -0.15) is 0 Å². The minimum Gasteiger partial charge on any atom is -1.00 e. The third kappa shape index (κ3) is 3.80. The summed E-state index contributed by atoms with van der Waals surface area (Å²) in [6, 6.07) is 35.6. The average molecular weight is 407 g/mol. The van der Waals surface area contributed by atoms with Crippen molar-refractivity contribution in [3.63, 3.8) is 0 Å². The number of aldehydes is 1. The van der Waals surface area contributed by atoms with Gasteiger partial charge in [-0.05, 0) is 48.5 Å². The topological polar surface area (TPSA) is 30.2 Å². The maximum Gasteiger partial charge on any atom is 0.185 e. The third-order valence-corrected chi connectivity index (χ3v) is 9.11. The van der Waals surface area contributed by atoms with Crippen LogP contribution in [0.4, 0.5) is 0 Å². The fraction of sp³-hybridized carbons (Fsp3) is 0.0417. The Bertz CT molecular complexity index is 918. The van der Waals surface area contributed by atoms with E-state index in [2.05, 4.69) is 72.8 Å². The van der Waals surface area contributed by atoms with Gasteiger partial charge in [-0.15, -0.1) is 0 Å². The quantitative estimate of drug-likeness (QED) is 0.359. The SMILES string of the molecule is O=Cc1ccc(C[P+](c2ccccc2)(c2ccccc2)c2ccccc2)o1.[Cl-]. The molecule has 4 rings (SSSR count). The van der Waals surface area contributed by atoms with Crippen LogP contribution in [0.5, 0.6) is 0 Å². The number of rotatable bonds is 6. The average Bonchev–Trinajstić information content (AvgIpc) is 3.21. The Hall–Kier alpha value is -2.67. The van der Waals surface area contributed by atoms with E-state index in [0.717, 1.165) is 18.2 Å². The first-order chi connectivity index (χ1) is 13.3. The molecule has 0 atom stereocenters. The van der Waals surface area contributed by atoms with Gasteiger partial charge >= 0.3 is 0 Å². The number of furan rings is 1. The van der Waals surface area contributed by atoms with Gasteiger partial charge in [0.1, 0.15) is 35.1 Å². The zero-order valence-electron chi connectivity index (χ0n) is 15.2. The molecule has 0 aliphatic heterocycles. The predicted molar refractivity (Wildman–Crippen MR) is 113 cm³/mol. The van der Waals surface area contributed by atoms with E-state index in [4.69, 9.17) is 4.42 Å². The van der Waals surface area contributed by atoms with Crippen molar-refractivity contribution in [2.75, 3.05) is 0 Å². The van der Waals surface area contributed by atoms with E-state index in [1.807, 2.05) is 24.3 Å². The summed E-state index contributed by atoms with van der Waals surface area (Å²) >= 11 is 0. The lowest BCUT2D eigenvalue weighted by Crippen LogP contribution is -3.00. The predicted octanol–water partition coefficient (Wildman–Crippen LogP) is 1.59. The first-order valence-corrected chi connectivity index (χ1v) is 10.9. The van der Waals surface area contributed by atoms with E-state index in [0.29, 0.717) is 5.76 Å². The molecule has 0 spiro atoms. The van der Waals surface area contributed by atoms with Crippen molar-refractivity contribution in [2.45, 2.75) is 6.16 Å². The van der Waals surface area contributed by atoms with Crippen LogP contribution in [0, 0.1) is 0 Å². The van der Waals surface area contributed by atoms with E-state index in [-0.39, 0.29) is 12.4 Å². The number of hydrogen-bond acceptors (Lipinski definition) is 2. The highest BCUT2D eigenvalue weighted by Gasteiger charge is 2.46. The van der Waals surface area contributed by atoms with Crippen LogP contribution in [0.15, 0.2) is 108 Å². The van der Waals surface area contributed by atoms with Crippen LogP contribution < -0.4 is 28.3 Å². The summed E-state index contributed by atoms with van der Waals surface area (Å²) in [6.45, 7) is 0. The largest absolute Gasteiger partial charge is 1.00 e. The summed E-state index contributed by atoms with van der Waals surface area (Å²) < 4.78 is 5.81. The first-order valence-electron chi connectivity index (χ1n) is 8.92. The molecule has 0 unspecified atom stereocenters. The van der Waals surface area contributed by atoms with E-state index in [9.17, 15) is 4.79 Å². The molecule has 28 heavy (non-hydrogen) atoms. The number of benzene rings is 3. The molecule has 0 fully saturated rings. The Morgan fingerprint density at radius 2 is 1.07 bits per heavy atom.